The molecule has 0 bridgehead atoms. The second-order valence-corrected chi connectivity index (χ2v) is 6.79. The topological polar surface area (TPSA) is 28.2 Å². The fraction of sp³-hybridized carbons (Fsp3) is 0.786. The van der Waals surface area contributed by atoms with Gasteiger partial charge >= 0.3 is 0 Å². The van der Waals surface area contributed by atoms with Gasteiger partial charge in [0.2, 0.25) is 0 Å². The van der Waals surface area contributed by atoms with E-state index >= 15 is 0 Å². The summed E-state index contributed by atoms with van der Waals surface area (Å²) < 4.78 is 0. The van der Waals surface area contributed by atoms with Crippen molar-refractivity contribution in [1.29, 1.82) is 0 Å². The summed E-state index contributed by atoms with van der Waals surface area (Å²) in [4.78, 5) is 8.36. The van der Waals surface area contributed by atoms with Gasteiger partial charge in [-0.1, -0.05) is 13.8 Å². The highest BCUT2D eigenvalue weighted by Gasteiger charge is 2.34. The number of aromatic nitrogens is 1. The zero-order valence-electron chi connectivity index (χ0n) is 12.0. The Balaban J connectivity index is 2.05. The molecule has 0 aromatic carbocycles. The van der Waals surface area contributed by atoms with E-state index < -0.39 is 0 Å². The molecule has 0 amide bonds. The zero-order valence-corrected chi connectivity index (χ0v) is 12.8. The summed E-state index contributed by atoms with van der Waals surface area (Å²) in [5.74, 6) is 0. The van der Waals surface area contributed by atoms with Gasteiger partial charge in [0, 0.05) is 42.3 Å². The van der Waals surface area contributed by atoms with Gasteiger partial charge < -0.3 is 5.32 Å². The maximum atomic E-state index is 4.36. The molecule has 1 N–H and O–H groups in total. The van der Waals surface area contributed by atoms with Gasteiger partial charge in [-0.15, -0.1) is 11.3 Å². The molecule has 1 aliphatic heterocycles. The van der Waals surface area contributed by atoms with Gasteiger partial charge in [0.25, 0.3) is 0 Å². The fourth-order valence-electron chi connectivity index (χ4n) is 2.71. The Morgan fingerprint density at radius 1 is 1.50 bits per heavy atom. The lowest BCUT2D eigenvalue weighted by Gasteiger charge is -2.46. The molecule has 0 radical (unpaired) electrons. The molecule has 102 valence electrons. The smallest absolute Gasteiger partial charge is 0.0897 e. The first kappa shape index (κ1) is 14.0. The van der Waals surface area contributed by atoms with Crippen molar-refractivity contribution >= 4 is 11.3 Å². The largest absolute Gasteiger partial charge is 0.308 e. The van der Waals surface area contributed by atoms with Crippen molar-refractivity contribution in [3.05, 3.63) is 16.1 Å². The summed E-state index contributed by atoms with van der Waals surface area (Å²) in [6, 6.07) is 0.610. The van der Waals surface area contributed by atoms with Gasteiger partial charge in [-0.2, -0.15) is 0 Å². The minimum atomic E-state index is 0.312. The lowest BCUT2D eigenvalue weighted by molar-refractivity contribution is 0.0754. The monoisotopic (exact) mass is 267 g/mol. The first-order chi connectivity index (χ1) is 8.58. The van der Waals surface area contributed by atoms with Crippen LogP contribution in [0.2, 0.25) is 0 Å². The van der Waals surface area contributed by atoms with Crippen LogP contribution in [0.15, 0.2) is 6.20 Å². The number of rotatable bonds is 4. The van der Waals surface area contributed by atoms with Gasteiger partial charge in [0.1, 0.15) is 0 Å². The van der Waals surface area contributed by atoms with Crippen LogP contribution in [0, 0.1) is 6.92 Å². The second kappa shape index (κ2) is 5.68. The quantitative estimate of drug-likeness (QED) is 0.909. The average Bonchev–Trinajstić information content (AvgIpc) is 2.78. The van der Waals surface area contributed by atoms with Crippen LogP contribution in [0.5, 0.6) is 0 Å². The zero-order chi connectivity index (χ0) is 13.2. The van der Waals surface area contributed by atoms with Crippen LogP contribution in [-0.4, -0.2) is 34.6 Å². The summed E-state index contributed by atoms with van der Waals surface area (Å²) >= 11 is 1.83. The van der Waals surface area contributed by atoms with E-state index in [4.69, 9.17) is 0 Å². The molecule has 1 unspecified atom stereocenters. The van der Waals surface area contributed by atoms with Crippen LogP contribution in [0.25, 0.3) is 0 Å². The van der Waals surface area contributed by atoms with Crippen LogP contribution >= 0.6 is 11.3 Å². The molecule has 1 aliphatic rings. The molecule has 0 spiro atoms. The SMILES string of the molecule is CCC1(CC)CN(Cc2cnc(C)s2)C(C)CN1. The Bertz CT molecular complexity index is 384. The molecule has 1 atom stereocenters. The van der Waals surface area contributed by atoms with Gasteiger partial charge in [-0.25, -0.2) is 4.98 Å². The number of piperazine rings is 1. The number of nitrogens with zero attached hydrogens (tertiary/aromatic N) is 2. The first-order valence-electron chi connectivity index (χ1n) is 6.99. The van der Waals surface area contributed by atoms with E-state index in [0.717, 1.165) is 19.6 Å². The Morgan fingerprint density at radius 2 is 2.22 bits per heavy atom. The number of aryl methyl sites for hydroxylation is 1. The van der Waals surface area contributed by atoms with Gasteiger partial charge in [0.15, 0.2) is 0 Å². The third-order valence-corrected chi connectivity index (χ3v) is 5.18. The summed E-state index contributed by atoms with van der Waals surface area (Å²) in [5, 5.41) is 4.92. The van der Waals surface area contributed by atoms with Crippen LogP contribution in [0.3, 0.4) is 0 Å². The number of hydrogen-bond donors (Lipinski definition) is 1. The minimum Gasteiger partial charge on any atom is -0.308 e. The van der Waals surface area contributed by atoms with Crippen molar-refractivity contribution in [1.82, 2.24) is 15.2 Å². The van der Waals surface area contributed by atoms with Crippen LogP contribution in [-0.2, 0) is 6.54 Å². The fourth-order valence-corrected chi connectivity index (χ4v) is 3.53. The van der Waals surface area contributed by atoms with E-state index in [9.17, 15) is 0 Å². The number of thiazole rings is 1. The molecule has 0 aliphatic carbocycles. The Hall–Kier alpha value is -0.450. The van der Waals surface area contributed by atoms with Crippen LogP contribution < -0.4 is 5.32 Å². The third-order valence-electron chi connectivity index (χ3n) is 4.28. The molecule has 1 aromatic rings. The molecule has 1 saturated heterocycles. The normalized spacial score (nSPS) is 24.3. The highest BCUT2D eigenvalue weighted by molar-refractivity contribution is 7.11. The van der Waals surface area contributed by atoms with Crippen molar-refractivity contribution in [2.75, 3.05) is 13.1 Å². The van der Waals surface area contributed by atoms with Crippen molar-refractivity contribution in [2.45, 2.75) is 58.7 Å². The predicted molar refractivity (Wildman–Crippen MR) is 78.0 cm³/mol. The standard InChI is InChI=1S/C14H25N3S/c1-5-14(6-2)10-17(11(3)7-16-14)9-13-8-15-12(4)18-13/h8,11,16H,5-7,9-10H2,1-4H3. The lowest BCUT2D eigenvalue weighted by atomic mass is 9.89. The second-order valence-electron chi connectivity index (χ2n) is 5.47. The molecule has 1 fully saturated rings. The highest BCUT2D eigenvalue weighted by atomic mass is 32.1. The third kappa shape index (κ3) is 2.92. The number of nitrogens with one attached hydrogen (secondary N) is 1. The number of hydrogen-bond acceptors (Lipinski definition) is 4. The van der Waals surface area contributed by atoms with E-state index in [-0.39, 0.29) is 0 Å². The summed E-state index contributed by atoms with van der Waals surface area (Å²) in [6.45, 7) is 12.3. The van der Waals surface area contributed by atoms with E-state index in [1.54, 1.807) is 0 Å². The Labute approximate surface area is 115 Å². The van der Waals surface area contributed by atoms with Gasteiger partial charge in [0.05, 0.1) is 5.01 Å². The van der Waals surface area contributed by atoms with E-state index in [1.165, 1.54) is 22.7 Å². The van der Waals surface area contributed by atoms with Crippen molar-refractivity contribution in [2.24, 2.45) is 0 Å². The Kier molecular flexibility index (Phi) is 4.41. The molecule has 18 heavy (non-hydrogen) atoms. The molecule has 0 saturated carbocycles. The van der Waals surface area contributed by atoms with Crippen molar-refractivity contribution in [3.63, 3.8) is 0 Å². The molecular formula is C14H25N3S. The maximum Gasteiger partial charge on any atom is 0.0897 e. The van der Waals surface area contributed by atoms with E-state index in [0.29, 0.717) is 11.6 Å². The predicted octanol–water partition coefficient (Wildman–Crippen LogP) is 2.80. The Morgan fingerprint density at radius 3 is 2.78 bits per heavy atom. The minimum absolute atomic E-state index is 0.312. The van der Waals surface area contributed by atoms with Crippen molar-refractivity contribution in [3.8, 4) is 0 Å². The first-order valence-corrected chi connectivity index (χ1v) is 7.80. The molecule has 2 heterocycles. The lowest BCUT2D eigenvalue weighted by Crippen LogP contribution is -2.62. The van der Waals surface area contributed by atoms with Gasteiger partial charge in [-0.05, 0) is 26.7 Å². The summed E-state index contributed by atoms with van der Waals surface area (Å²) in [6.07, 6.45) is 4.44. The van der Waals surface area contributed by atoms with Crippen LogP contribution in [0.4, 0.5) is 0 Å². The molecule has 2 rings (SSSR count). The molecule has 4 heteroatoms. The summed E-state index contributed by atoms with van der Waals surface area (Å²) in [7, 11) is 0. The van der Waals surface area contributed by atoms with Crippen LogP contribution in [0.1, 0.15) is 43.5 Å². The van der Waals surface area contributed by atoms with Gasteiger partial charge in [-0.3, -0.25) is 4.90 Å². The maximum absolute atomic E-state index is 4.36. The van der Waals surface area contributed by atoms with Crippen molar-refractivity contribution < 1.29 is 0 Å². The highest BCUT2D eigenvalue weighted by Crippen LogP contribution is 2.25. The molecule has 3 nitrogen and oxygen atoms in total. The average molecular weight is 267 g/mol. The summed E-state index contributed by atoms with van der Waals surface area (Å²) in [5.41, 5.74) is 0.312. The molecular weight excluding hydrogens is 242 g/mol. The van der Waals surface area contributed by atoms with E-state index in [2.05, 4.69) is 42.9 Å². The molecule has 1 aromatic heterocycles. The van der Waals surface area contributed by atoms with E-state index in [1.807, 2.05) is 17.5 Å².